The first-order valence-electron chi connectivity index (χ1n) is 10.7. The SMILES string of the molecule is CCCCOc1ccc(C(=O)Nc2ccccc2C(=O)NCCc2ccccc2)cc1Br. The minimum Gasteiger partial charge on any atom is -0.492 e. The molecule has 32 heavy (non-hydrogen) atoms. The smallest absolute Gasteiger partial charge is 0.255 e. The third-order valence-electron chi connectivity index (χ3n) is 4.91. The van der Waals surface area contributed by atoms with Crippen molar-refractivity contribution in [2.24, 2.45) is 0 Å². The highest BCUT2D eigenvalue weighted by atomic mass is 79.9. The molecule has 0 aliphatic heterocycles. The number of anilines is 1. The molecule has 0 unspecified atom stereocenters. The Balaban J connectivity index is 1.63. The molecule has 0 bridgehead atoms. The normalized spacial score (nSPS) is 10.4. The van der Waals surface area contributed by atoms with Gasteiger partial charge in [-0.05, 0) is 64.7 Å². The van der Waals surface area contributed by atoms with E-state index in [0.29, 0.717) is 40.2 Å². The number of unbranched alkanes of at least 4 members (excludes halogenated alkanes) is 1. The maximum Gasteiger partial charge on any atom is 0.255 e. The van der Waals surface area contributed by atoms with Crippen LogP contribution in [-0.4, -0.2) is 25.0 Å². The summed E-state index contributed by atoms with van der Waals surface area (Å²) in [6.45, 7) is 3.25. The average Bonchev–Trinajstić information content (AvgIpc) is 2.81. The molecule has 3 rings (SSSR count). The van der Waals surface area contributed by atoms with Crippen LogP contribution in [0.1, 0.15) is 46.0 Å². The third kappa shape index (κ3) is 6.69. The van der Waals surface area contributed by atoms with Crippen molar-refractivity contribution in [1.82, 2.24) is 5.32 Å². The molecule has 166 valence electrons. The van der Waals surface area contributed by atoms with Crippen LogP contribution in [0.4, 0.5) is 5.69 Å². The number of hydrogen-bond acceptors (Lipinski definition) is 3. The van der Waals surface area contributed by atoms with Crippen molar-refractivity contribution < 1.29 is 14.3 Å². The van der Waals surface area contributed by atoms with Gasteiger partial charge in [0.1, 0.15) is 5.75 Å². The quantitative estimate of drug-likeness (QED) is 0.347. The number of ether oxygens (including phenoxy) is 1. The number of rotatable bonds is 10. The Morgan fingerprint density at radius 2 is 1.69 bits per heavy atom. The lowest BCUT2D eigenvalue weighted by molar-refractivity contribution is 0.0955. The van der Waals surface area contributed by atoms with Gasteiger partial charge < -0.3 is 15.4 Å². The Morgan fingerprint density at radius 1 is 0.938 bits per heavy atom. The molecule has 0 aliphatic rings. The zero-order chi connectivity index (χ0) is 22.8. The van der Waals surface area contributed by atoms with Crippen LogP contribution in [0.2, 0.25) is 0 Å². The fourth-order valence-corrected chi connectivity index (χ4v) is 3.62. The lowest BCUT2D eigenvalue weighted by Gasteiger charge is -2.13. The Hall–Kier alpha value is -3.12. The fraction of sp³-hybridized carbons (Fsp3) is 0.231. The molecular formula is C26H27BrN2O3. The van der Waals surface area contributed by atoms with Gasteiger partial charge >= 0.3 is 0 Å². The first kappa shape index (κ1) is 23.5. The van der Waals surface area contributed by atoms with Crippen molar-refractivity contribution in [3.63, 3.8) is 0 Å². The zero-order valence-electron chi connectivity index (χ0n) is 18.1. The molecule has 0 fully saturated rings. The molecule has 3 aromatic rings. The van der Waals surface area contributed by atoms with E-state index in [4.69, 9.17) is 4.74 Å². The van der Waals surface area contributed by atoms with Crippen molar-refractivity contribution >= 4 is 33.4 Å². The van der Waals surface area contributed by atoms with Gasteiger partial charge in [-0.1, -0.05) is 55.8 Å². The minimum absolute atomic E-state index is 0.224. The Bertz CT molecular complexity index is 1050. The van der Waals surface area contributed by atoms with Gasteiger partial charge in [0.05, 0.1) is 22.3 Å². The number of nitrogens with one attached hydrogen (secondary N) is 2. The third-order valence-corrected chi connectivity index (χ3v) is 5.53. The molecule has 3 aromatic carbocycles. The van der Waals surface area contributed by atoms with Gasteiger partial charge in [-0.25, -0.2) is 0 Å². The second kappa shape index (κ2) is 12.1. The number of halogens is 1. The zero-order valence-corrected chi connectivity index (χ0v) is 19.7. The van der Waals surface area contributed by atoms with Gasteiger partial charge in [0.2, 0.25) is 0 Å². The van der Waals surface area contributed by atoms with Crippen LogP contribution in [0.5, 0.6) is 5.75 Å². The van der Waals surface area contributed by atoms with E-state index in [1.54, 1.807) is 42.5 Å². The van der Waals surface area contributed by atoms with Crippen molar-refractivity contribution in [3.05, 3.63) is 94.0 Å². The maximum atomic E-state index is 12.8. The summed E-state index contributed by atoms with van der Waals surface area (Å²) in [7, 11) is 0. The second-order valence-electron chi connectivity index (χ2n) is 7.34. The number of amides is 2. The molecule has 0 saturated carbocycles. The van der Waals surface area contributed by atoms with Gasteiger partial charge in [0.15, 0.2) is 0 Å². The van der Waals surface area contributed by atoms with Gasteiger partial charge in [-0.15, -0.1) is 0 Å². The van der Waals surface area contributed by atoms with Gasteiger partial charge in [-0.3, -0.25) is 9.59 Å². The molecule has 0 atom stereocenters. The number of carbonyl (C=O) groups excluding carboxylic acids is 2. The highest BCUT2D eigenvalue weighted by Gasteiger charge is 2.15. The predicted molar refractivity (Wildman–Crippen MR) is 131 cm³/mol. The lowest BCUT2D eigenvalue weighted by atomic mass is 10.1. The maximum absolute atomic E-state index is 12.8. The molecule has 2 amide bonds. The van der Waals surface area contributed by atoms with E-state index < -0.39 is 0 Å². The molecule has 6 heteroatoms. The molecule has 0 spiro atoms. The van der Waals surface area contributed by atoms with Crippen molar-refractivity contribution in [2.75, 3.05) is 18.5 Å². The van der Waals surface area contributed by atoms with Gasteiger partial charge in [0, 0.05) is 12.1 Å². The Kier molecular flexibility index (Phi) is 8.87. The predicted octanol–water partition coefficient (Wildman–Crippen LogP) is 5.85. The number of hydrogen-bond donors (Lipinski definition) is 2. The molecule has 0 radical (unpaired) electrons. The Morgan fingerprint density at radius 3 is 2.44 bits per heavy atom. The molecular weight excluding hydrogens is 468 g/mol. The van der Waals surface area contributed by atoms with Crippen LogP contribution in [-0.2, 0) is 6.42 Å². The van der Waals surface area contributed by atoms with E-state index >= 15 is 0 Å². The number of para-hydroxylation sites is 1. The standard InChI is InChI=1S/C26H27BrN2O3/c1-2-3-17-32-24-14-13-20(18-22(24)27)25(30)29-23-12-8-7-11-21(23)26(31)28-16-15-19-9-5-4-6-10-19/h4-14,18H,2-3,15-17H2,1H3,(H,28,31)(H,29,30). The van der Waals surface area contributed by atoms with Crippen LogP contribution < -0.4 is 15.4 Å². The minimum atomic E-state index is -0.296. The molecule has 2 N–H and O–H groups in total. The van der Waals surface area contributed by atoms with E-state index in [-0.39, 0.29) is 11.8 Å². The van der Waals surface area contributed by atoms with Crippen molar-refractivity contribution in [1.29, 1.82) is 0 Å². The Labute approximate surface area is 197 Å². The summed E-state index contributed by atoms with van der Waals surface area (Å²) < 4.78 is 6.43. The van der Waals surface area contributed by atoms with E-state index in [2.05, 4.69) is 33.5 Å². The summed E-state index contributed by atoms with van der Waals surface area (Å²) >= 11 is 3.47. The van der Waals surface area contributed by atoms with E-state index in [0.717, 1.165) is 24.8 Å². The second-order valence-corrected chi connectivity index (χ2v) is 8.19. The summed E-state index contributed by atoms with van der Waals surface area (Å²) in [5.41, 5.74) is 2.52. The van der Waals surface area contributed by atoms with Gasteiger partial charge in [0.25, 0.3) is 11.8 Å². The monoisotopic (exact) mass is 494 g/mol. The summed E-state index contributed by atoms with van der Waals surface area (Å²) in [6, 6.07) is 22.2. The van der Waals surface area contributed by atoms with E-state index in [1.807, 2.05) is 30.3 Å². The largest absolute Gasteiger partial charge is 0.492 e. The van der Waals surface area contributed by atoms with Crippen LogP contribution in [0.25, 0.3) is 0 Å². The van der Waals surface area contributed by atoms with Crippen LogP contribution in [0.3, 0.4) is 0 Å². The summed E-state index contributed by atoms with van der Waals surface area (Å²) in [4.78, 5) is 25.5. The van der Waals surface area contributed by atoms with E-state index in [9.17, 15) is 9.59 Å². The first-order valence-corrected chi connectivity index (χ1v) is 11.5. The molecule has 5 nitrogen and oxygen atoms in total. The van der Waals surface area contributed by atoms with Crippen molar-refractivity contribution in [3.8, 4) is 5.75 Å². The summed E-state index contributed by atoms with van der Waals surface area (Å²) in [6.07, 6.45) is 2.76. The van der Waals surface area contributed by atoms with E-state index in [1.165, 1.54) is 0 Å². The average molecular weight is 495 g/mol. The fourth-order valence-electron chi connectivity index (χ4n) is 3.13. The summed E-state index contributed by atoms with van der Waals surface area (Å²) in [5.74, 6) is 0.182. The first-order chi connectivity index (χ1) is 15.6. The number of benzene rings is 3. The molecule has 0 heterocycles. The number of carbonyl (C=O) groups is 2. The van der Waals surface area contributed by atoms with Crippen LogP contribution in [0.15, 0.2) is 77.3 Å². The molecule has 0 aliphatic carbocycles. The van der Waals surface area contributed by atoms with Crippen LogP contribution >= 0.6 is 15.9 Å². The molecule has 0 saturated heterocycles. The lowest BCUT2D eigenvalue weighted by Crippen LogP contribution is -2.27. The summed E-state index contributed by atoms with van der Waals surface area (Å²) in [5, 5.41) is 5.78. The highest BCUT2D eigenvalue weighted by Crippen LogP contribution is 2.27. The molecule has 0 aromatic heterocycles. The van der Waals surface area contributed by atoms with Gasteiger partial charge in [-0.2, -0.15) is 0 Å². The highest BCUT2D eigenvalue weighted by molar-refractivity contribution is 9.10. The van der Waals surface area contributed by atoms with Crippen molar-refractivity contribution in [2.45, 2.75) is 26.2 Å². The van der Waals surface area contributed by atoms with Crippen LogP contribution in [0, 0.1) is 0 Å². The topological polar surface area (TPSA) is 67.4 Å².